The second-order valence-electron chi connectivity index (χ2n) is 4.95. The predicted octanol–water partition coefficient (Wildman–Crippen LogP) is 3.84. The van der Waals surface area contributed by atoms with Crippen LogP contribution >= 0.6 is 0 Å². The number of H-pyrrole nitrogens is 1. The smallest absolute Gasteiger partial charge is 0.392 e. The Morgan fingerprint density at radius 3 is 2.79 bits per heavy atom. The van der Waals surface area contributed by atoms with Crippen LogP contribution in [0.1, 0.15) is 17.7 Å². The molecule has 2 aromatic rings. The van der Waals surface area contributed by atoms with Gasteiger partial charge < -0.3 is 9.72 Å². The summed E-state index contributed by atoms with van der Waals surface area (Å²) in [5.74, 6) is -0.555. The maximum absolute atomic E-state index is 12.9. The van der Waals surface area contributed by atoms with E-state index in [0.29, 0.717) is 12.2 Å². The number of aromatic amines is 1. The molecule has 0 amide bonds. The summed E-state index contributed by atoms with van der Waals surface area (Å²) in [7, 11) is 1.56. The molecule has 5 heteroatoms. The van der Waals surface area contributed by atoms with Gasteiger partial charge in [-0.05, 0) is 30.9 Å². The molecule has 0 fully saturated rings. The summed E-state index contributed by atoms with van der Waals surface area (Å²) in [4.78, 5) is 3.22. The van der Waals surface area contributed by atoms with Crippen molar-refractivity contribution in [2.45, 2.75) is 25.4 Å². The molecule has 1 atom stereocenters. The fourth-order valence-corrected chi connectivity index (χ4v) is 2.86. The van der Waals surface area contributed by atoms with Crippen molar-refractivity contribution in [1.82, 2.24) is 4.98 Å². The standard InChI is InChI=1S/C14H14F3NO/c1-19-12-4-2-3-9-10-7-8(14(15,16)17)5-6-11(10)18-13(9)12/h2-4,8,18H,5-7H2,1H3. The van der Waals surface area contributed by atoms with Crippen molar-refractivity contribution < 1.29 is 17.9 Å². The van der Waals surface area contributed by atoms with E-state index in [1.807, 2.05) is 18.2 Å². The maximum Gasteiger partial charge on any atom is 0.392 e. The van der Waals surface area contributed by atoms with Crippen LogP contribution in [0.5, 0.6) is 5.75 Å². The molecule has 1 heterocycles. The number of hydrogen-bond acceptors (Lipinski definition) is 1. The van der Waals surface area contributed by atoms with Gasteiger partial charge in [-0.3, -0.25) is 0 Å². The lowest BCUT2D eigenvalue weighted by Gasteiger charge is -2.24. The molecule has 0 saturated carbocycles. The van der Waals surface area contributed by atoms with Gasteiger partial charge in [-0.25, -0.2) is 0 Å². The van der Waals surface area contributed by atoms with Crippen molar-refractivity contribution in [2.75, 3.05) is 7.11 Å². The number of aromatic nitrogens is 1. The molecule has 0 saturated heterocycles. The number of hydrogen-bond donors (Lipinski definition) is 1. The van der Waals surface area contributed by atoms with E-state index in [1.54, 1.807) is 7.11 Å². The SMILES string of the molecule is COc1cccc2c3c([nH]c12)CCC(C(F)(F)F)C3. The lowest BCUT2D eigenvalue weighted by Crippen LogP contribution is -2.28. The lowest BCUT2D eigenvalue weighted by molar-refractivity contribution is -0.177. The predicted molar refractivity (Wildman–Crippen MR) is 66.4 cm³/mol. The molecule has 2 nitrogen and oxygen atoms in total. The van der Waals surface area contributed by atoms with Crippen molar-refractivity contribution in [1.29, 1.82) is 0 Å². The molecular formula is C14H14F3NO. The first-order chi connectivity index (χ1) is 9.00. The van der Waals surface area contributed by atoms with Crippen LogP contribution in [0.4, 0.5) is 13.2 Å². The Kier molecular flexibility index (Phi) is 2.73. The zero-order valence-corrected chi connectivity index (χ0v) is 10.5. The molecule has 19 heavy (non-hydrogen) atoms. The number of benzene rings is 1. The molecule has 0 spiro atoms. The summed E-state index contributed by atoms with van der Waals surface area (Å²) in [6.07, 6.45) is -3.45. The van der Waals surface area contributed by atoms with Crippen LogP contribution in [0, 0.1) is 5.92 Å². The van der Waals surface area contributed by atoms with Crippen LogP contribution in [-0.4, -0.2) is 18.3 Å². The van der Waals surface area contributed by atoms with Crippen LogP contribution in [0.2, 0.25) is 0 Å². The number of alkyl halides is 3. The molecule has 102 valence electrons. The average Bonchev–Trinajstić information content (AvgIpc) is 2.75. The van der Waals surface area contributed by atoms with Crippen molar-refractivity contribution in [3.8, 4) is 5.75 Å². The third-order valence-electron chi connectivity index (χ3n) is 3.87. The van der Waals surface area contributed by atoms with Crippen LogP contribution in [-0.2, 0) is 12.8 Å². The third-order valence-corrected chi connectivity index (χ3v) is 3.87. The van der Waals surface area contributed by atoms with Gasteiger partial charge in [-0.2, -0.15) is 13.2 Å². The van der Waals surface area contributed by atoms with Gasteiger partial charge in [-0.1, -0.05) is 12.1 Å². The Labute approximate surface area is 108 Å². The van der Waals surface area contributed by atoms with E-state index < -0.39 is 12.1 Å². The van der Waals surface area contributed by atoms with Gasteiger partial charge in [0.25, 0.3) is 0 Å². The largest absolute Gasteiger partial charge is 0.495 e. The highest BCUT2D eigenvalue weighted by atomic mass is 19.4. The summed E-state index contributed by atoms with van der Waals surface area (Å²) in [6, 6.07) is 5.48. The normalized spacial score (nSPS) is 19.5. The number of para-hydroxylation sites is 1. The van der Waals surface area contributed by atoms with Gasteiger partial charge >= 0.3 is 6.18 Å². The second-order valence-corrected chi connectivity index (χ2v) is 4.95. The number of fused-ring (bicyclic) bond motifs is 3. The number of ether oxygens (including phenoxy) is 1. The van der Waals surface area contributed by atoms with Gasteiger partial charge in [0.15, 0.2) is 0 Å². The quantitative estimate of drug-likeness (QED) is 0.835. The topological polar surface area (TPSA) is 25.0 Å². The summed E-state index contributed by atoms with van der Waals surface area (Å²) in [5, 5.41) is 0.850. The van der Waals surface area contributed by atoms with E-state index in [2.05, 4.69) is 4.98 Å². The number of rotatable bonds is 1. The zero-order chi connectivity index (χ0) is 13.6. The first-order valence-electron chi connectivity index (χ1n) is 6.24. The van der Waals surface area contributed by atoms with Gasteiger partial charge in [-0.15, -0.1) is 0 Å². The third kappa shape index (κ3) is 1.97. The molecule has 0 aliphatic heterocycles. The monoisotopic (exact) mass is 269 g/mol. The minimum Gasteiger partial charge on any atom is -0.495 e. The number of methoxy groups -OCH3 is 1. The van der Waals surface area contributed by atoms with E-state index in [0.717, 1.165) is 22.2 Å². The van der Waals surface area contributed by atoms with E-state index in [9.17, 15) is 13.2 Å². The summed E-state index contributed by atoms with van der Waals surface area (Å²) in [6.45, 7) is 0. The molecule has 1 unspecified atom stereocenters. The Morgan fingerprint density at radius 2 is 2.11 bits per heavy atom. The van der Waals surface area contributed by atoms with Crippen molar-refractivity contribution in [3.05, 3.63) is 29.5 Å². The molecule has 1 aromatic carbocycles. The minimum absolute atomic E-state index is 0.0615. The van der Waals surface area contributed by atoms with Gasteiger partial charge in [0.05, 0.1) is 18.5 Å². The summed E-state index contributed by atoms with van der Waals surface area (Å²) < 4.78 is 43.8. The molecule has 0 bridgehead atoms. The fourth-order valence-electron chi connectivity index (χ4n) is 2.86. The average molecular weight is 269 g/mol. The minimum atomic E-state index is -4.11. The molecular weight excluding hydrogens is 255 g/mol. The van der Waals surface area contributed by atoms with E-state index in [-0.39, 0.29) is 12.8 Å². The number of aryl methyl sites for hydroxylation is 1. The highest BCUT2D eigenvalue weighted by Gasteiger charge is 2.42. The molecule has 1 aliphatic rings. The van der Waals surface area contributed by atoms with Gasteiger partial charge in [0, 0.05) is 11.1 Å². The first-order valence-corrected chi connectivity index (χ1v) is 6.24. The second kappa shape index (κ2) is 4.18. The number of nitrogens with one attached hydrogen (secondary N) is 1. The van der Waals surface area contributed by atoms with Gasteiger partial charge in [0.2, 0.25) is 0 Å². The Morgan fingerprint density at radius 1 is 1.32 bits per heavy atom. The molecule has 1 N–H and O–H groups in total. The molecule has 0 radical (unpaired) electrons. The summed E-state index contributed by atoms with van der Waals surface area (Å²) >= 11 is 0. The van der Waals surface area contributed by atoms with Crippen LogP contribution < -0.4 is 4.74 Å². The van der Waals surface area contributed by atoms with E-state index in [1.165, 1.54) is 0 Å². The van der Waals surface area contributed by atoms with E-state index in [4.69, 9.17) is 4.74 Å². The first kappa shape index (κ1) is 12.4. The summed E-state index contributed by atoms with van der Waals surface area (Å²) in [5.41, 5.74) is 2.51. The van der Waals surface area contributed by atoms with Crippen LogP contribution in [0.3, 0.4) is 0 Å². The molecule has 3 rings (SSSR count). The molecule has 1 aliphatic carbocycles. The zero-order valence-electron chi connectivity index (χ0n) is 10.5. The molecule has 1 aromatic heterocycles. The highest BCUT2D eigenvalue weighted by molar-refractivity contribution is 5.89. The van der Waals surface area contributed by atoms with Crippen molar-refractivity contribution in [2.24, 2.45) is 5.92 Å². The highest BCUT2D eigenvalue weighted by Crippen LogP contribution is 2.40. The fraction of sp³-hybridized carbons (Fsp3) is 0.429. The Hall–Kier alpha value is -1.65. The van der Waals surface area contributed by atoms with Gasteiger partial charge in [0.1, 0.15) is 5.75 Å². The number of halogens is 3. The van der Waals surface area contributed by atoms with Crippen LogP contribution in [0.15, 0.2) is 18.2 Å². The maximum atomic E-state index is 12.9. The van der Waals surface area contributed by atoms with E-state index >= 15 is 0 Å². The Balaban J connectivity index is 2.09. The lowest BCUT2D eigenvalue weighted by atomic mass is 9.86. The Bertz CT molecular complexity index is 615. The van der Waals surface area contributed by atoms with Crippen molar-refractivity contribution in [3.63, 3.8) is 0 Å². The van der Waals surface area contributed by atoms with Crippen molar-refractivity contribution >= 4 is 10.9 Å². The van der Waals surface area contributed by atoms with Crippen LogP contribution in [0.25, 0.3) is 10.9 Å².